The third-order valence-electron chi connectivity index (χ3n) is 3.24. The standard InChI is InChI=1S/C17H13F2N3OS/c1-10-20-16(9-24-10)11-2-5-13(6-3-11)21-17(23)22-15-7-4-12(18)8-14(15)19/h2-9H,1H3,(H2,21,22,23). The molecule has 0 unspecified atom stereocenters. The van der Waals surface area contributed by atoms with Crippen molar-refractivity contribution in [1.82, 2.24) is 4.98 Å². The molecule has 24 heavy (non-hydrogen) atoms. The van der Waals surface area contributed by atoms with Gasteiger partial charge in [0.25, 0.3) is 0 Å². The highest BCUT2D eigenvalue weighted by molar-refractivity contribution is 7.09. The number of hydrogen-bond acceptors (Lipinski definition) is 3. The van der Waals surface area contributed by atoms with Crippen LogP contribution in [0.15, 0.2) is 47.8 Å². The molecule has 0 aliphatic rings. The van der Waals surface area contributed by atoms with Crippen LogP contribution in [0.2, 0.25) is 0 Å². The minimum Gasteiger partial charge on any atom is -0.308 e. The monoisotopic (exact) mass is 345 g/mol. The third kappa shape index (κ3) is 3.75. The first-order chi connectivity index (χ1) is 11.5. The van der Waals surface area contributed by atoms with Gasteiger partial charge in [-0.3, -0.25) is 0 Å². The summed E-state index contributed by atoms with van der Waals surface area (Å²) in [5.41, 5.74) is 2.27. The smallest absolute Gasteiger partial charge is 0.308 e. The van der Waals surface area contributed by atoms with Crippen molar-refractivity contribution >= 4 is 28.7 Å². The number of aryl methyl sites for hydroxylation is 1. The number of carbonyl (C=O) groups is 1. The fourth-order valence-corrected chi connectivity index (χ4v) is 2.72. The Morgan fingerprint density at radius 2 is 1.83 bits per heavy atom. The molecule has 4 nitrogen and oxygen atoms in total. The number of nitrogens with one attached hydrogen (secondary N) is 2. The Bertz CT molecular complexity index is 878. The topological polar surface area (TPSA) is 54.0 Å². The summed E-state index contributed by atoms with van der Waals surface area (Å²) in [4.78, 5) is 16.3. The molecule has 0 aliphatic carbocycles. The summed E-state index contributed by atoms with van der Waals surface area (Å²) in [5.74, 6) is -1.54. The van der Waals surface area contributed by atoms with E-state index in [0.717, 1.165) is 28.4 Å². The lowest BCUT2D eigenvalue weighted by Gasteiger charge is -2.09. The normalized spacial score (nSPS) is 10.5. The van der Waals surface area contributed by atoms with Crippen LogP contribution in [0.25, 0.3) is 11.3 Å². The number of hydrogen-bond donors (Lipinski definition) is 2. The predicted molar refractivity (Wildman–Crippen MR) is 91.3 cm³/mol. The average Bonchev–Trinajstić information content (AvgIpc) is 2.97. The Morgan fingerprint density at radius 3 is 2.46 bits per heavy atom. The number of amides is 2. The maximum Gasteiger partial charge on any atom is 0.323 e. The second kappa shape index (κ2) is 6.76. The zero-order chi connectivity index (χ0) is 17.1. The number of aromatic nitrogens is 1. The molecule has 3 rings (SSSR count). The van der Waals surface area contributed by atoms with Gasteiger partial charge >= 0.3 is 6.03 Å². The van der Waals surface area contributed by atoms with Crippen molar-refractivity contribution in [3.63, 3.8) is 0 Å². The highest BCUT2D eigenvalue weighted by atomic mass is 32.1. The molecule has 3 aromatic rings. The molecule has 0 aliphatic heterocycles. The van der Waals surface area contributed by atoms with Crippen LogP contribution in [0, 0.1) is 18.6 Å². The van der Waals surface area contributed by atoms with Crippen LogP contribution in [0.1, 0.15) is 5.01 Å². The van der Waals surface area contributed by atoms with Crippen molar-refractivity contribution in [2.24, 2.45) is 0 Å². The molecule has 1 heterocycles. The van der Waals surface area contributed by atoms with Crippen molar-refractivity contribution in [3.8, 4) is 11.3 Å². The molecule has 0 radical (unpaired) electrons. The van der Waals surface area contributed by atoms with Gasteiger partial charge in [0.05, 0.1) is 16.4 Å². The Morgan fingerprint density at radius 1 is 1.08 bits per heavy atom. The molecule has 2 N–H and O–H groups in total. The van der Waals surface area contributed by atoms with Crippen LogP contribution >= 0.6 is 11.3 Å². The highest BCUT2D eigenvalue weighted by Crippen LogP contribution is 2.23. The van der Waals surface area contributed by atoms with Crippen molar-refractivity contribution in [3.05, 3.63) is 64.5 Å². The highest BCUT2D eigenvalue weighted by Gasteiger charge is 2.08. The molecule has 0 atom stereocenters. The molecule has 0 saturated carbocycles. The number of anilines is 2. The van der Waals surface area contributed by atoms with E-state index in [-0.39, 0.29) is 5.69 Å². The summed E-state index contributed by atoms with van der Waals surface area (Å²) in [6, 6.07) is 9.46. The summed E-state index contributed by atoms with van der Waals surface area (Å²) in [6.07, 6.45) is 0. The van der Waals surface area contributed by atoms with Gasteiger partial charge < -0.3 is 10.6 Å². The van der Waals surface area contributed by atoms with Gasteiger partial charge in [0, 0.05) is 22.7 Å². The molecule has 1 aromatic heterocycles. The largest absolute Gasteiger partial charge is 0.323 e. The number of urea groups is 1. The van der Waals surface area contributed by atoms with Crippen molar-refractivity contribution < 1.29 is 13.6 Å². The van der Waals surface area contributed by atoms with Gasteiger partial charge in [-0.05, 0) is 31.2 Å². The van der Waals surface area contributed by atoms with Gasteiger partial charge in [0.1, 0.15) is 11.6 Å². The van der Waals surface area contributed by atoms with E-state index in [1.54, 1.807) is 23.5 Å². The van der Waals surface area contributed by atoms with Gasteiger partial charge in [-0.25, -0.2) is 18.6 Å². The molecule has 0 spiro atoms. The van der Waals surface area contributed by atoms with Gasteiger partial charge in [-0.1, -0.05) is 12.1 Å². The molecule has 2 amide bonds. The van der Waals surface area contributed by atoms with Crippen LogP contribution in [0.4, 0.5) is 25.0 Å². The van der Waals surface area contributed by atoms with Crippen LogP contribution in [-0.4, -0.2) is 11.0 Å². The Hall–Kier alpha value is -2.80. The maximum atomic E-state index is 13.5. The fourth-order valence-electron chi connectivity index (χ4n) is 2.10. The molecule has 0 fully saturated rings. The summed E-state index contributed by atoms with van der Waals surface area (Å²) >= 11 is 1.56. The summed E-state index contributed by atoms with van der Waals surface area (Å²) < 4.78 is 26.3. The predicted octanol–water partition coefficient (Wildman–Crippen LogP) is 5.04. The van der Waals surface area contributed by atoms with E-state index in [1.165, 1.54) is 0 Å². The first kappa shape index (κ1) is 16.1. The minimum absolute atomic E-state index is 0.0940. The number of nitrogens with zero attached hydrogens (tertiary/aromatic N) is 1. The van der Waals surface area contributed by atoms with E-state index in [9.17, 15) is 13.6 Å². The average molecular weight is 345 g/mol. The van der Waals surface area contributed by atoms with Crippen LogP contribution in [-0.2, 0) is 0 Å². The number of benzene rings is 2. The SMILES string of the molecule is Cc1nc(-c2ccc(NC(=O)Nc3ccc(F)cc3F)cc2)cs1. The van der Waals surface area contributed by atoms with E-state index in [4.69, 9.17) is 0 Å². The van der Waals surface area contributed by atoms with E-state index in [1.807, 2.05) is 24.4 Å². The van der Waals surface area contributed by atoms with Gasteiger partial charge in [-0.15, -0.1) is 11.3 Å². The Balaban J connectivity index is 1.66. The fraction of sp³-hybridized carbons (Fsp3) is 0.0588. The summed E-state index contributed by atoms with van der Waals surface area (Å²) in [5, 5.41) is 7.86. The zero-order valence-corrected chi connectivity index (χ0v) is 13.5. The lowest BCUT2D eigenvalue weighted by atomic mass is 10.1. The first-order valence-electron chi connectivity index (χ1n) is 7.07. The summed E-state index contributed by atoms with van der Waals surface area (Å²) in [6.45, 7) is 1.93. The van der Waals surface area contributed by atoms with Gasteiger partial charge in [0.2, 0.25) is 0 Å². The molecule has 7 heteroatoms. The van der Waals surface area contributed by atoms with Crippen LogP contribution < -0.4 is 10.6 Å². The van der Waals surface area contributed by atoms with Crippen LogP contribution in [0.3, 0.4) is 0 Å². The van der Waals surface area contributed by atoms with Crippen molar-refractivity contribution in [2.75, 3.05) is 10.6 Å². The Kier molecular flexibility index (Phi) is 4.52. The lowest BCUT2D eigenvalue weighted by molar-refractivity contribution is 0.262. The van der Waals surface area contributed by atoms with Gasteiger partial charge in [0.15, 0.2) is 0 Å². The van der Waals surface area contributed by atoms with Crippen molar-refractivity contribution in [1.29, 1.82) is 0 Å². The molecule has 122 valence electrons. The van der Waals surface area contributed by atoms with Crippen molar-refractivity contribution in [2.45, 2.75) is 6.92 Å². The maximum absolute atomic E-state index is 13.5. The Labute approximate surface area is 141 Å². The zero-order valence-electron chi connectivity index (χ0n) is 12.6. The van der Waals surface area contributed by atoms with E-state index < -0.39 is 17.7 Å². The number of carbonyl (C=O) groups excluding carboxylic acids is 1. The molecular formula is C17H13F2N3OS. The van der Waals surface area contributed by atoms with Gasteiger partial charge in [-0.2, -0.15) is 0 Å². The molecule has 2 aromatic carbocycles. The number of halogens is 2. The summed E-state index contributed by atoms with van der Waals surface area (Å²) in [7, 11) is 0. The molecule has 0 saturated heterocycles. The van der Waals surface area contributed by atoms with E-state index in [0.29, 0.717) is 11.8 Å². The molecule has 0 bridgehead atoms. The number of rotatable bonds is 3. The second-order valence-electron chi connectivity index (χ2n) is 5.03. The lowest BCUT2D eigenvalue weighted by Crippen LogP contribution is -2.20. The van der Waals surface area contributed by atoms with E-state index in [2.05, 4.69) is 15.6 Å². The first-order valence-corrected chi connectivity index (χ1v) is 7.95. The van der Waals surface area contributed by atoms with E-state index >= 15 is 0 Å². The van der Waals surface area contributed by atoms with Crippen LogP contribution in [0.5, 0.6) is 0 Å². The third-order valence-corrected chi connectivity index (χ3v) is 4.01. The number of thiazole rings is 1. The minimum atomic E-state index is -0.834. The molecular weight excluding hydrogens is 332 g/mol. The second-order valence-corrected chi connectivity index (χ2v) is 6.09. The quantitative estimate of drug-likeness (QED) is 0.699.